The molecule has 1 fully saturated rings. The molecule has 2 aliphatic heterocycles. The molecule has 0 saturated carbocycles. The molecule has 5 rings (SSSR count). The van der Waals surface area contributed by atoms with Crippen molar-refractivity contribution < 1.29 is 14.6 Å². The minimum absolute atomic E-state index is 0.0548. The Labute approximate surface area is 261 Å². The lowest BCUT2D eigenvalue weighted by atomic mass is 9.82. The molecule has 1 saturated heterocycles. The molecule has 8 heteroatoms. The third-order valence-corrected chi connectivity index (χ3v) is 9.51. The number of carboxylic acids is 1. The molecule has 0 aliphatic carbocycles. The summed E-state index contributed by atoms with van der Waals surface area (Å²) in [7, 11) is 1.69. The van der Waals surface area contributed by atoms with Crippen LogP contribution in [0.3, 0.4) is 0 Å². The van der Waals surface area contributed by atoms with Crippen molar-refractivity contribution in [2.45, 2.75) is 66.5 Å². The molecule has 7 nitrogen and oxygen atoms in total. The van der Waals surface area contributed by atoms with Crippen molar-refractivity contribution in [2.24, 2.45) is 5.41 Å². The largest absolute Gasteiger partial charge is 0.481 e. The second kappa shape index (κ2) is 13.2. The van der Waals surface area contributed by atoms with Gasteiger partial charge < -0.3 is 20.1 Å². The molecule has 0 atom stereocenters. The van der Waals surface area contributed by atoms with Crippen LogP contribution in [0.25, 0.3) is 11.1 Å². The molecule has 0 bridgehead atoms. The van der Waals surface area contributed by atoms with Crippen LogP contribution in [0, 0.1) is 19.3 Å². The Hall–Kier alpha value is -3.13. The highest BCUT2D eigenvalue weighted by atomic mass is 35.5. The van der Waals surface area contributed by atoms with Gasteiger partial charge in [0.2, 0.25) is 0 Å². The van der Waals surface area contributed by atoms with Gasteiger partial charge >= 0.3 is 5.97 Å². The fraction of sp³-hybridized carbons (Fsp3) is 0.486. The molecule has 3 aromatic rings. The first kappa shape index (κ1) is 31.3. The molecule has 230 valence electrons. The summed E-state index contributed by atoms with van der Waals surface area (Å²) in [5.41, 5.74) is 9.99. The molecule has 0 amide bonds. The molecule has 2 aliphatic rings. The Kier molecular flexibility index (Phi) is 9.64. The van der Waals surface area contributed by atoms with Crippen LogP contribution in [0.4, 0.5) is 11.5 Å². The van der Waals surface area contributed by atoms with E-state index in [0.717, 1.165) is 90.9 Å². The summed E-state index contributed by atoms with van der Waals surface area (Å²) < 4.78 is 5.34. The summed E-state index contributed by atoms with van der Waals surface area (Å²) in [5, 5.41) is 14.3. The lowest BCUT2D eigenvalue weighted by Crippen LogP contribution is -2.38. The van der Waals surface area contributed by atoms with Crippen LogP contribution < -0.4 is 10.2 Å². The van der Waals surface area contributed by atoms with E-state index in [0.29, 0.717) is 13.2 Å². The highest BCUT2D eigenvalue weighted by molar-refractivity contribution is 6.31. The lowest BCUT2D eigenvalue weighted by molar-refractivity contribution is -0.136. The molecular weight excluding hydrogens is 560 g/mol. The number of halogens is 1. The van der Waals surface area contributed by atoms with Crippen molar-refractivity contribution in [2.75, 3.05) is 50.1 Å². The van der Waals surface area contributed by atoms with Crippen LogP contribution in [0.2, 0.25) is 5.02 Å². The summed E-state index contributed by atoms with van der Waals surface area (Å²) in [4.78, 5) is 21.9. The smallest absolute Gasteiger partial charge is 0.307 e. The highest BCUT2D eigenvalue weighted by Gasteiger charge is 2.31. The van der Waals surface area contributed by atoms with E-state index in [4.69, 9.17) is 21.3 Å². The van der Waals surface area contributed by atoms with E-state index < -0.39 is 5.97 Å². The number of anilines is 2. The zero-order valence-corrected chi connectivity index (χ0v) is 27.0. The van der Waals surface area contributed by atoms with Gasteiger partial charge in [-0.25, -0.2) is 4.98 Å². The highest BCUT2D eigenvalue weighted by Crippen LogP contribution is 2.44. The fourth-order valence-corrected chi connectivity index (χ4v) is 6.72. The van der Waals surface area contributed by atoms with Gasteiger partial charge in [-0.2, -0.15) is 0 Å². The molecule has 0 radical (unpaired) electrons. The number of carboxylic acid groups (broad SMARTS) is 1. The number of nitrogens with one attached hydrogen (secondary N) is 1. The average molecular weight is 605 g/mol. The minimum Gasteiger partial charge on any atom is -0.481 e. The Morgan fingerprint density at radius 1 is 1.09 bits per heavy atom. The van der Waals surface area contributed by atoms with Gasteiger partial charge in [0.25, 0.3) is 0 Å². The van der Waals surface area contributed by atoms with E-state index in [2.05, 4.69) is 60.2 Å². The van der Waals surface area contributed by atoms with E-state index in [-0.39, 0.29) is 11.8 Å². The number of methoxy groups -OCH3 is 1. The number of hydrogen-bond acceptors (Lipinski definition) is 6. The van der Waals surface area contributed by atoms with Crippen LogP contribution in [0.15, 0.2) is 36.4 Å². The van der Waals surface area contributed by atoms with E-state index in [1.807, 2.05) is 19.1 Å². The van der Waals surface area contributed by atoms with Gasteiger partial charge in [0.1, 0.15) is 5.82 Å². The van der Waals surface area contributed by atoms with E-state index >= 15 is 0 Å². The Morgan fingerprint density at radius 2 is 1.86 bits per heavy atom. The summed E-state index contributed by atoms with van der Waals surface area (Å²) in [6, 6.07) is 12.9. The zero-order chi connectivity index (χ0) is 30.7. The molecule has 3 heterocycles. The topological polar surface area (TPSA) is 77.9 Å². The number of hydrogen-bond donors (Lipinski definition) is 2. The number of carbonyl (C=O) groups is 1. The second-order valence-electron chi connectivity index (χ2n) is 12.9. The second-order valence-corrected chi connectivity index (χ2v) is 13.3. The van der Waals surface area contributed by atoms with Crippen LogP contribution in [0.1, 0.15) is 60.2 Å². The summed E-state index contributed by atoms with van der Waals surface area (Å²) in [6.45, 7) is 14.3. The van der Waals surface area contributed by atoms with Gasteiger partial charge in [0.15, 0.2) is 0 Å². The van der Waals surface area contributed by atoms with Crippen LogP contribution in [-0.4, -0.2) is 60.9 Å². The van der Waals surface area contributed by atoms with Gasteiger partial charge in [-0.3, -0.25) is 9.69 Å². The minimum atomic E-state index is -0.839. The molecule has 43 heavy (non-hydrogen) atoms. The third-order valence-electron chi connectivity index (χ3n) is 9.16. The zero-order valence-electron chi connectivity index (χ0n) is 26.2. The number of nitrogens with zero attached hydrogens (tertiary/aromatic N) is 3. The summed E-state index contributed by atoms with van der Waals surface area (Å²) >= 11 is 6.56. The number of rotatable bonds is 10. The van der Waals surface area contributed by atoms with Crippen molar-refractivity contribution in [1.82, 2.24) is 9.88 Å². The fourth-order valence-electron chi connectivity index (χ4n) is 6.44. The quantitative estimate of drug-likeness (QED) is 0.244. The first-order valence-corrected chi connectivity index (χ1v) is 15.8. The maximum absolute atomic E-state index is 12.1. The van der Waals surface area contributed by atoms with Crippen LogP contribution in [0.5, 0.6) is 0 Å². The molecule has 1 aromatic heterocycles. The molecule has 0 spiro atoms. The predicted molar refractivity (Wildman–Crippen MR) is 175 cm³/mol. The number of benzene rings is 2. The number of fused-ring (bicyclic) bond motifs is 1. The van der Waals surface area contributed by atoms with E-state index in [1.54, 1.807) is 7.11 Å². The normalized spacial score (nSPS) is 16.7. The van der Waals surface area contributed by atoms with Crippen molar-refractivity contribution in [3.8, 4) is 11.1 Å². The van der Waals surface area contributed by atoms with Gasteiger partial charge in [-0.1, -0.05) is 55.8 Å². The number of aliphatic carboxylic acids is 1. The molecule has 2 aromatic carbocycles. The summed E-state index contributed by atoms with van der Waals surface area (Å²) in [5.74, 6) is -0.0519. The predicted octanol–water partition coefficient (Wildman–Crippen LogP) is 6.89. The first-order valence-electron chi connectivity index (χ1n) is 15.4. The third kappa shape index (κ3) is 7.17. The monoisotopic (exact) mass is 604 g/mol. The Bertz CT molecular complexity index is 1460. The Balaban J connectivity index is 1.55. The maximum atomic E-state index is 12.1. The number of pyridine rings is 1. The number of aryl methyl sites for hydroxylation is 2. The van der Waals surface area contributed by atoms with Crippen molar-refractivity contribution in [1.29, 1.82) is 0 Å². The van der Waals surface area contributed by atoms with Crippen molar-refractivity contribution >= 4 is 29.1 Å². The summed E-state index contributed by atoms with van der Waals surface area (Å²) in [6.07, 6.45) is 2.99. The molecular formula is C35H45ClN4O3. The van der Waals surface area contributed by atoms with Crippen molar-refractivity contribution in [3.63, 3.8) is 0 Å². The van der Waals surface area contributed by atoms with Crippen molar-refractivity contribution in [3.05, 3.63) is 74.9 Å². The Morgan fingerprint density at radius 3 is 2.56 bits per heavy atom. The van der Waals surface area contributed by atoms with E-state index in [9.17, 15) is 9.90 Å². The van der Waals surface area contributed by atoms with Crippen LogP contribution in [-0.2, 0) is 35.5 Å². The number of ether oxygens (including phenoxy) is 1. The molecule has 2 N–H and O–H groups in total. The number of piperidine rings is 1. The average Bonchev–Trinajstić information content (AvgIpc) is 2.96. The molecule has 0 unspecified atom stereocenters. The lowest BCUT2D eigenvalue weighted by Gasteiger charge is -2.40. The van der Waals surface area contributed by atoms with Gasteiger partial charge in [-0.15, -0.1) is 0 Å². The van der Waals surface area contributed by atoms with Gasteiger partial charge in [-0.05, 0) is 72.4 Å². The first-order chi connectivity index (χ1) is 20.6. The van der Waals surface area contributed by atoms with Crippen LogP contribution >= 0.6 is 11.6 Å². The van der Waals surface area contributed by atoms with Gasteiger partial charge in [0, 0.05) is 68.2 Å². The standard InChI is InChI=1S/C35H45ClN4O3/c1-23-7-6-8-30(36)29(23)22-39-15-11-25-19-26(9-10-27(25)21-39)32-33(40-16-12-35(3,4)13-17-40)28(20-31(41)42)24(2)38-34(32)37-14-18-43-5/h6-10,19H,11-18,20-22H2,1-5H3,(H,37,38)(H,41,42). The van der Waals surface area contributed by atoms with Gasteiger partial charge in [0.05, 0.1) is 18.7 Å². The maximum Gasteiger partial charge on any atom is 0.307 e. The number of aromatic nitrogens is 1. The van der Waals surface area contributed by atoms with E-state index in [1.165, 1.54) is 22.3 Å². The SMILES string of the molecule is COCCNc1nc(C)c(CC(=O)O)c(N2CCC(C)(C)CC2)c1-c1ccc2c(c1)CCN(Cc1c(C)cccc1Cl)C2.